The Labute approximate surface area is 165 Å². The number of halogens is 3. The highest BCUT2D eigenvalue weighted by molar-refractivity contribution is 5.62. The number of aromatic nitrogens is 4. The molecule has 0 unspecified atom stereocenters. The van der Waals surface area contributed by atoms with E-state index >= 15 is 0 Å². The van der Waals surface area contributed by atoms with E-state index in [9.17, 15) is 18.3 Å². The fraction of sp³-hybridized carbons (Fsp3) is 0.421. The summed E-state index contributed by atoms with van der Waals surface area (Å²) in [4.78, 5) is 12.4. The molecule has 3 aromatic heterocycles. The van der Waals surface area contributed by atoms with E-state index in [0.717, 1.165) is 0 Å². The molecular weight excluding hydrogens is 385 g/mol. The minimum Gasteiger partial charge on any atom is -0.384 e. The smallest absolute Gasteiger partial charge is 0.168 e. The quantitative estimate of drug-likeness (QED) is 0.617. The van der Waals surface area contributed by atoms with Crippen LogP contribution in [0.25, 0.3) is 17.0 Å². The summed E-state index contributed by atoms with van der Waals surface area (Å²) >= 11 is 0. The van der Waals surface area contributed by atoms with Crippen molar-refractivity contribution in [2.24, 2.45) is 0 Å². The number of imidazole rings is 1. The van der Waals surface area contributed by atoms with E-state index in [2.05, 4.69) is 25.6 Å². The van der Waals surface area contributed by atoms with Gasteiger partial charge >= 0.3 is 0 Å². The molecule has 0 aromatic carbocycles. The number of rotatable bonds is 4. The van der Waals surface area contributed by atoms with E-state index in [1.807, 2.05) is 0 Å². The van der Waals surface area contributed by atoms with E-state index in [1.165, 1.54) is 23.0 Å². The summed E-state index contributed by atoms with van der Waals surface area (Å²) in [7, 11) is 0. The average Bonchev–Trinajstić information content (AvgIpc) is 3.08. The highest BCUT2D eigenvalue weighted by Gasteiger charge is 2.27. The van der Waals surface area contributed by atoms with E-state index in [-0.39, 0.29) is 17.2 Å². The van der Waals surface area contributed by atoms with Crippen LogP contribution in [-0.2, 0) is 5.60 Å². The maximum absolute atomic E-state index is 14.6. The Morgan fingerprint density at radius 2 is 2.03 bits per heavy atom. The molecule has 0 aliphatic carbocycles. The molecule has 3 N–H and O–H groups in total. The monoisotopic (exact) mass is 406 g/mol. The number of aliphatic hydroxyl groups is 1. The minimum atomic E-state index is -1.22. The zero-order chi connectivity index (χ0) is 20.8. The zero-order valence-corrected chi connectivity index (χ0v) is 16.0. The molecule has 4 heterocycles. The van der Waals surface area contributed by atoms with Gasteiger partial charge in [-0.05, 0) is 26.8 Å². The van der Waals surface area contributed by atoms with Crippen LogP contribution in [0.2, 0.25) is 0 Å². The lowest BCUT2D eigenvalue weighted by Gasteiger charge is -2.28. The molecule has 0 spiro atoms. The van der Waals surface area contributed by atoms with Crippen LogP contribution in [0, 0.1) is 11.6 Å². The average molecular weight is 406 g/mol. The molecule has 0 saturated carbocycles. The lowest BCUT2D eigenvalue weighted by molar-refractivity contribution is 0.0734. The Morgan fingerprint density at radius 3 is 2.76 bits per heavy atom. The predicted octanol–water partition coefficient (Wildman–Crippen LogP) is 2.41. The topological polar surface area (TPSA) is 87.4 Å². The molecule has 1 saturated heterocycles. The van der Waals surface area contributed by atoms with Gasteiger partial charge in [-0.3, -0.25) is 9.38 Å². The van der Waals surface area contributed by atoms with Crippen LogP contribution in [0.5, 0.6) is 0 Å². The maximum atomic E-state index is 14.6. The molecule has 7 nitrogen and oxygen atoms in total. The molecule has 0 bridgehead atoms. The first-order chi connectivity index (χ1) is 13.7. The van der Waals surface area contributed by atoms with Crippen LogP contribution < -0.4 is 10.6 Å². The standard InChI is InChI=1S/C19H21F3N6O/c1-19(2,29)15-9-28-14(7-25-16(28)8-24-15)17-11(21)5-12(22)18(27-17)26-13-6-23-4-3-10(13)20/h5,7-10,13,23,29H,3-4,6H2,1-2H3,(H,26,27)/t10-,13-/m0/s1. The lowest BCUT2D eigenvalue weighted by atomic mass is 10.1. The van der Waals surface area contributed by atoms with Crippen molar-refractivity contribution >= 4 is 11.5 Å². The van der Waals surface area contributed by atoms with Crippen LogP contribution in [0.3, 0.4) is 0 Å². The molecule has 1 aliphatic rings. The van der Waals surface area contributed by atoms with Crippen molar-refractivity contribution in [1.29, 1.82) is 0 Å². The van der Waals surface area contributed by atoms with Gasteiger partial charge in [0.25, 0.3) is 0 Å². The third-order valence-corrected chi connectivity index (χ3v) is 4.91. The number of piperidine rings is 1. The number of hydrogen-bond acceptors (Lipinski definition) is 6. The summed E-state index contributed by atoms with van der Waals surface area (Å²) in [6.45, 7) is 4.00. The molecule has 29 heavy (non-hydrogen) atoms. The van der Waals surface area contributed by atoms with Crippen molar-refractivity contribution in [3.8, 4) is 11.4 Å². The minimum absolute atomic E-state index is 0.145. The van der Waals surface area contributed by atoms with Gasteiger partial charge in [-0.1, -0.05) is 0 Å². The van der Waals surface area contributed by atoms with Gasteiger partial charge in [0.05, 0.1) is 29.8 Å². The van der Waals surface area contributed by atoms with Crippen molar-refractivity contribution in [2.75, 3.05) is 18.4 Å². The number of pyridine rings is 1. The van der Waals surface area contributed by atoms with Crippen LogP contribution in [0.15, 0.2) is 24.7 Å². The van der Waals surface area contributed by atoms with Gasteiger partial charge in [-0.2, -0.15) is 0 Å². The van der Waals surface area contributed by atoms with Crippen LogP contribution in [0.4, 0.5) is 19.0 Å². The molecule has 154 valence electrons. The second-order valence-electron chi connectivity index (χ2n) is 7.61. The highest BCUT2D eigenvalue weighted by atomic mass is 19.1. The summed E-state index contributed by atoms with van der Waals surface area (Å²) in [6.07, 6.45) is 3.49. The largest absolute Gasteiger partial charge is 0.384 e. The first-order valence-corrected chi connectivity index (χ1v) is 9.28. The van der Waals surface area contributed by atoms with Crippen molar-refractivity contribution < 1.29 is 18.3 Å². The SMILES string of the molecule is CC(C)(O)c1cn2c(-c3nc(N[C@H]4CNCC[C@@H]4F)c(F)cc3F)cnc2cn1. The fourth-order valence-electron chi connectivity index (χ4n) is 3.27. The number of hydrogen-bond donors (Lipinski definition) is 3. The highest BCUT2D eigenvalue weighted by Crippen LogP contribution is 2.28. The van der Waals surface area contributed by atoms with Crippen molar-refractivity contribution in [1.82, 2.24) is 24.7 Å². The summed E-state index contributed by atoms with van der Waals surface area (Å²) in [5, 5.41) is 16.0. The first kappa shape index (κ1) is 19.6. The fourth-order valence-corrected chi connectivity index (χ4v) is 3.27. The molecule has 1 aliphatic heterocycles. The van der Waals surface area contributed by atoms with Gasteiger partial charge in [-0.25, -0.2) is 23.1 Å². The molecular formula is C19H21F3N6O. The Kier molecular flexibility index (Phi) is 4.91. The van der Waals surface area contributed by atoms with E-state index in [0.29, 0.717) is 36.9 Å². The third kappa shape index (κ3) is 3.77. The Morgan fingerprint density at radius 1 is 1.24 bits per heavy atom. The number of nitrogens with zero attached hydrogens (tertiary/aromatic N) is 4. The van der Waals surface area contributed by atoms with Gasteiger partial charge in [0.15, 0.2) is 23.1 Å². The summed E-state index contributed by atoms with van der Waals surface area (Å²) in [6, 6.07) is 0.0447. The lowest BCUT2D eigenvalue weighted by Crippen LogP contribution is -2.46. The Hall–Kier alpha value is -2.72. The van der Waals surface area contributed by atoms with Gasteiger partial charge in [0, 0.05) is 18.8 Å². The molecule has 10 heteroatoms. The van der Waals surface area contributed by atoms with E-state index in [1.54, 1.807) is 13.8 Å². The van der Waals surface area contributed by atoms with Crippen molar-refractivity contribution in [3.05, 3.63) is 42.0 Å². The zero-order valence-electron chi connectivity index (χ0n) is 16.0. The maximum Gasteiger partial charge on any atom is 0.168 e. The number of anilines is 1. The predicted molar refractivity (Wildman–Crippen MR) is 101 cm³/mol. The molecule has 1 fully saturated rings. The Bertz CT molecular complexity index is 1050. The van der Waals surface area contributed by atoms with Gasteiger partial charge in [0.1, 0.15) is 17.5 Å². The number of fused-ring (bicyclic) bond motifs is 1. The van der Waals surface area contributed by atoms with Crippen molar-refractivity contribution in [3.63, 3.8) is 0 Å². The van der Waals surface area contributed by atoms with Gasteiger partial charge in [-0.15, -0.1) is 0 Å². The summed E-state index contributed by atoms with van der Waals surface area (Å²) < 4.78 is 44.5. The molecule has 3 aromatic rings. The number of alkyl halides is 1. The van der Waals surface area contributed by atoms with E-state index in [4.69, 9.17) is 0 Å². The Balaban J connectivity index is 1.77. The molecule has 0 radical (unpaired) electrons. The van der Waals surface area contributed by atoms with E-state index < -0.39 is 29.4 Å². The van der Waals surface area contributed by atoms with Gasteiger partial charge in [0.2, 0.25) is 0 Å². The molecule has 4 rings (SSSR count). The second kappa shape index (κ2) is 7.27. The van der Waals surface area contributed by atoms with Crippen LogP contribution in [-0.4, -0.2) is 49.8 Å². The van der Waals surface area contributed by atoms with Gasteiger partial charge < -0.3 is 15.7 Å². The van der Waals surface area contributed by atoms with Crippen LogP contribution >= 0.6 is 0 Å². The summed E-state index contributed by atoms with van der Waals surface area (Å²) in [5.41, 5.74) is -0.353. The third-order valence-electron chi connectivity index (χ3n) is 4.91. The number of nitrogens with one attached hydrogen (secondary N) is 2. The molecule has 2 atom stereocenters. The van der Waals surface area contributed by atoms with Crippen molar-refractivity contribution in [2.45, 2.75) is 38.1 Å². The second-order valence-corrected chi connectivity index (χ2v) is 7.61. The normalized spacial score (nSPS) is 20.2. The first-order valence-electron chi connectivity index (χ1n) is 9.28. The van der Waals surface area contributed by atoms with Crippen LogP contribution in [0.1, 0.15) is 26.0 Å². The molecule has 0 amide bonds. The summed E-state index contributed by atoms with van der Waals surface area (Å²) in [5.74, 6) is -2.02.